The van der Waals surface area contributed by atoms with Gasteiger partial charge in [0.25, 0.3) is 5.91 Å². The van der Waals surface area contributed by atoms with Gasteiger partial charge in [-0.25, -0.2) is 4.98 Å². The van der Waals surface area contributed by atoms with Crippen LogP contribution in [-0.4, -0.2) is 48.0 Å². The molecule has 1 aliphatic rings. The Morgan fingerprint density at radius 2 is 2.00 bits per heavy atom. The lowest BCUT2D eigenvalue weighted by molar-refractivity contribution is -0.130. The van der Waals surface area contributed by atoms with E-state index in [2.05, 4.69) is 10.3 Å². The van der Waals surface area contributed by atoms with Crippen LogP contribution in [0.5, 0.6) is 11.5 Å². The molecule has 0 radical (unpaired) electrons. The summed E-state index contributed by atoms with van der Waals surface area (Å²) in [6.07, 6.45) is 1.48. The Kier molecular flexibility index (Phi) is 6.74. The van der Waals surface area contributed by atoms with Gasteiger partial charge in [0.1, 0.15) is 6.10 Å². The average Bonchev–Trinajstić information content (AvgIpc) is 3.15. The van der Waals surface area contributed by atoms with Gasteiger partial charge in [0, 0.05) is 43.8 Å². The zero-order valence-electron chi connectivity index (χ0n) is 17.2. The second-order valence-electron chi connectivity index (χ2n) is 7.18. The number of carbonyl (C=O) groups excluding carboxylic acids is 2. The maximum atomic E-state index is 12.7. The van der Waals surface area contributed by atoms with E-state index < -0.39 is 0 Å². The Morgan fingerprint density at radius 3 is 2.59 bits per heavy atom. The Bertz CT molecular complexity index is 875. The van der Waals surface area contributed by atoms with Crippen molar-refractivity contribution < 1.29 is 19.1 Å². The fourth-order valence-electron chi connectivity index (χ4n) is 3.31. The number of hydrogen-bond acceptors (Lipinski definition) is 6. The average molecular weight is 418 g/mol. The summed E-state index contributed by atoms with van der Waals surface area (Å²) in [4.78, 5) is 30.5. The molecule has 8 heteroatoms. The molecular weight excluding hydrogens is 390 g/mol. The summed E-state index contributed by atoms with van der Waals surface area (Å²) in [5.74, 6) is 1.02. The molecule has 0 aliphatic carbocycles. The van der Waals surface area contributed by atoms with Crippen molar-refractivity contribution >= 4 is 23.2 Å². The van der Waals surface area contributed by atoms with Crippen molar-refractivity contribution in [3.8, 4) is 11.5 Å². The van der Waals surface area contributed by atoms with Gasteiger partial charge in [0.15, 0.2) is 11.5 Å². The highest BCUT2D eigenvalue weighted by Gasteiger charge is 2.23. The van der Waals surface area contributed by atoms with E-state index in [0.717, 1.165) is 23.5 Å². The Balaban J connectivity index is 1.68. The van der Waals surface area contributed by atoms with E-state index in [1.54, 1.807) is 43.6 Å². The van der Waals surface area contributed by atoms with Crippen LogP contribution in [0.1, 0.15) is 53.8 Å². The number of ether oxygens (including phenoxy) is 2. The maximum absolute atomic E-state index is 12.7. The molecule has 0 bridgehead atoms. The molecule has 2 aromatic rings. The first-order chi connectivity index (χ1) is 13.9. The molecule has 2 amide bonds. The largest absolute Gasteiger partial charge is 0.493 e. The van der Waals surface area contributed by atoms with Gasteiger partial charge in [-0.05, 0) is 32.0 Å². The lowest BCUT2D eigenvalue weighted by atomic mass is 10.1. The van der Waals surface area contributed by atoms with E-state index in [9.17, 15) is 9.59 Å². The first kappa shape index (κ1) is 21.1. The topological polar surface area (TPSA) is 80.8 Å². The number of likely N-dealkylation sites (tertiary alicyclic amines) is 1. The third-order valence-corrected chi connectivity index (χ3v) is 5.83. The summed E-state index contributed by atoms with van der Waals surface area (Å²) in [5.41, 5.74) is 1.35. The second-order valence-corrected chi connectivity index (χ2v) is 8.24. The number of hydrogen-bond donors (Lipinski definition) is 1. The molecule has 29 heavy (non-hydrogen) atoms. The summed E-state index contributed by atoms with van der Waals surface area (Å²) < 4.78 is 11.5. The SMILES string of the molecule is COc1ccc(C(=O)N[C@H](C)c2csc(C)n2)cc1OC1CCN(C(C)=O)CC1. The molecule has 1 aliphatic heterocycles. The first-order valence-corrected chi connectivity index (χ1v) is 10.6. The lowest BCUT2D eigenvalue weighted by Crippen LogP contribution is -2.40. The van der Waals surface area contributed by atoms with Crippen LogP contribution in [-0.2, 0) is 4.79 Å². The Morgan fingerprint density at radius 1 is 1.28 bits per heavy atom. The van der Waals surface area contributed by atoms with Crippen LogP contribution in [0.2, 0.25) is 0 Å². The van der Waals surface area contributed by atoms with Gasteiger partial charge in [-0.1, -0.05) is 0 Å². The van der Waals surface area contributed by atoms with Crippen LogP contribution >= 0.6 is 11.3 Å². The molecule has 0 unspecified atom stereocenters. The number of carbonyl (C=O) groups is 2. The zero-order valence-corrected chi connectivity index (χ0v) is 18.0. The van der Waals surface area contributed by atoms with E-state index in [1.807, 2.05) is 24.1 Å². The summed E-state index contributed by atoms with van der Waals surface area (Å²) >= 11 is 1.56. The molecule has 0 spiro atoms. The molecule has 0 saturated carbocycles. The minimum atomic E-state index is -0.193. The van der Waals surface area contributed by atoms with Crippen LogP contribution in [0.15, 0.2) is 23.6 Å². The summed E-state index contributed by atoms with van der Waals surface area (Å²) in [5, 5.41) is 5.90. The predicted molar refractivity (Wildman–Crippen MR) is 112 cm³/mol. The molecular formula is C21H27N3O4S. The lowest BCUT2D eigenvalue weighted by Gasteiger charge is -2.31. The monoisotopic (exact) mass is 417 g/mol. The Hall–Kier alpha value is -2.61. The van der Waals surface area contributed by atoms with Crippen LogP contribution in [0.4, 0.5) is 0 Å². The maximum Gasteiger partial charge on any atom is 0.251 e. The molecule has 156 valence electrons. The molecule has 1 atom stereocenters. The standard InChI is InChI=1S/C21H27N3O4S/c1-13(18-12-29-14(2)23-18)22-21(26)16-5-6-19(27-4)20(11-16)28-17-7-9-24(10-8-17)15(3)25/h5-6,11-13,17H,7-10H2,1-4H3,(H,22,26)/t13-/m1/s1. The van der Waals surface area contributed by atoms with Gasteiger partial charge in [0.05, 0.1) is 23.9 Å². The Labute approximate surface area is 175 Å². The summed E-state index contributed by atoms with van der Waals surface area (Å²) in [6.45, 7) is 6.78. The highest BCUT2D eigenvalue weighted by Crippen LogP contribution is 2.31. The van der Waals surface area contributed by atoms with Crippen molar-refractivity contribution in [3.05, 3.63) is 39.8 Å². The van der Waals surface area contributed by atoms with Crippen molar-refractivity contribution in [1.82, 2.24) is 15.2 Å². The number of nitrogens with zero attached hydrogens (tertiary/aromatic N) is 2. The molecule has 1 N–H and O–H groups in total. The normalized spacial score (nSPS) is 15.7. The predicted octanol–water partition coefficient (Wildman–Crippen LogP) is 3.34. The highest BCUT2D eigenvalue weighted by atomic mass is 32.1. The second kappa shape index (κ2) is 9.26. The van der Waals surface area contributed by atoms with Crippen LogP contribution < -0.4 is 14.8 Å². The minimum Gasteiger partial charge on any atom is -0.493 e. The van der Waals surface area contributed by atoms with Crippen LogP contribution in [0, 0.1) is 6.92 Å². The van der Waals surface area contributed by atoms with E-state index >= 15 is 0 Å². The number of aromatic nitrogens is 1. The quantitative estimate of drug-likeness (QED) is 0.780. The smallest absolute Gasteiger partial charge is 0.251 e. The molecule has 1 aromatic heterocycles. The van der Waals surface area contributed by atoms with Gasteiger partial charge < -0.3 is 19.7 Å². The van der Waals surface area contributed by atoms with Crippen molar-refractivity contribution in [3.63, 3.8) is 0 Å². The van der Waals surface area contributed by atoms with Crippen molar-refractivity contribution in [2.75, 3.05) is 20.2 Å². The number of benzene rings is 1. The van der Waals surface area contributed by atoms with E-state index in [0.29, 0.717) is 30.2 Å². The van der Waals surface area contributed by atoms with Gasteiger partial charge in [-0.15, -0.1) is 11.3 Å². The van der Waals surface area contributed by atoms with Crippen molar-refractivity contribution in [2.45, 2.75) is 45.8 Å². The highest BCUT2D eigenvalue weighted by molar-refractivity contribution is 7.09. The first-order valence-electron chi connectivity index (χ1n) is 9.70. The number of amides is 2. The van der Waals surface area contributed by atoms with Gasteiger partial charge in [-0.3, -0.25) is 9.59 Å². The van der Waals surface area contributed by atoms with Crippen molar-refractivity contribution in [2.24, 2.45) is 0 Å². The number of nitrogens with one attached hydrogen (secondary N) is 1. The molecule has 3 rings (SSSR count). The van der Waals surface area contributed by atoms with Gasteiger partial charge in [0.2, 0.25) is 5.91 Å². The van der Waals surface area contributed by atoms with Gasteiger partial charge in [-0.2, -0.15) is 0 Å². The fourth-order valence-corrected chi connectivity index (χ4v) is 4.02. The van der Waals surface area contributed by atoms with Crippen LogP contribution in [0.3, 0.4) is 0 Å². The zero-order chi connectivity index (χ0) is 21.0. The van der Waals surface area contributed by atoms with Gasteiger partial charge >= 0.3 is 0 Å². The molecule has 2 heterocycles. The van der Waals surface area contributed by atoms with Crippen molar-refractivity contribution in [1.29, 1.82) is 0 Å². The third kappa shape index (κ3) is 5.26. The number of thiazole rings is 1. The number of rotatable bonds is 6. The van der Waals surface area contributed by atoms with E-state index in [-0.39, 0.29) is 24.0 Å². The third-order valence-electron chi connectivity index (χ3n) is 5.03. The van der Waals surface area contributed by atoms with E-state index in [1.165, 1.54) is 0 Å². The van der Waals surface area contributed by atoms with E-state index in [4.69, 9.17) is 9.47 Å². The fraction of sp³-hybridized carbons (Fsp3) is 0.476. The number of aryl methyl sites for hydroxylation is 1. The molecule has 1 aromatic carbocycles. The summed E-state index contributed by atoms with van der Waals surface area (Å²) in [6, 6.07) is 4.99. The minimum absolute atomic E-state index is 0.0188. The molecule has 7 nitrogen and oxygen atoms in total. The molecule has 1 fully saturated rings. The number of methoxy groups -OCH3 is 1. The summed E-state index contributed by atoms with van der Waals surface area (Å²) in [7, 11) is 1.58. The number of piperidine rings is 1. The van der Waals surface area contributed by atoms with Crippen LogP contribution in [0.25, 0.3) is 0 Å². The molecule has 1 saturated heterocycles.